The largest absolute Gasteiger partial charge is 0.415 e. The summed E-state index contributed by atoms with van der Waals surface area (Å²) in [6.07, 6.45) is 3.94. The maximum absolute atomic E-state index is 13.1. The summed E-state index contributed by atoms with van der Waals surface area (Å²) in [4.78, 5) is 23.6. The molecule has 2 fully saturated rings. The fourth-order valence-corrected chi connectivity index (χ4v) is 6.05. The Morgan fingerprint density at radius 1 is 1.14 bits per heavy atom. The second-order valence-corrected chi connectivity index (χ2v) is 10.9. The van der Waals surface area contributed by atoms with E-state index < -0.39 is 6.09 Å². The van der Waals surface area contributed by atoms with Gasteiger partial charge in [0.05, 0.1) is 19.8 Å². The van der Waals surface area contributed by atoms with Crippen LogP contribution in [0.15, 0.2) is 12.1 Å². The number of nitrogens with one attached hydrogen (secondary N) is 1. The molecule has 37 heavy (non-hydrogen) atoms. The number of carbonyl (C=O) groups is 1. The Morgan fingerprint density at radius 3 is 2.49 bits per heavy atom. The maximum Gasteiger partial charge on any atom is 0.415 e. The maximum atomic E-state index is 13.1. The molecule has 8 heteroatoms. The molecule has 196 valence electrons. The van der Waals surface area contributed by atoms with E-state index in [-0.39, 0.29) is 5.88 Å². The van der Waals surface area contributed by atoms with Gasteiger partial charge in [0.2, 0.25) is 5.88 Å². The van der Waals surface area contributed by atoms with Crippen LogP contribution in [0.4, 0.5) is 10.5 Å². The number of morpholine rings is 1. The van der Waals surface area contributed by atoms with Gasteiger partial charge >= 0.3 is 6.09 Å². The summed E-state index contributed by atoms with van der Waals surface area (Å²) in [6.45, 7) is 20.9. The number of amides is 1. The van der Waals surface area contributed by atoms with Gasteiger partial charge in [-0.2, -0.15) is 0 Å². The summed E-state index contributed by atoms with van der Waals surface area (Å²) in [5.74, 6) is 2.52. The van der Waals surface area contributed by atoms with Gasteiger partial charge in [-0.05, 0) is 67.7 Å². The molecule has 0 bridgehead atoms. The zero-order valence-corrected chi connectivity index (χ0v) is 22.6. The van der Waals surface area contributed by atoms with Gasteiger partial charge in [0.1, 0.15) is 5.65 Å². The number of ether oxygens (including phenoxy) is 2. The molecule has 5 rings (SSSR count). The zero-order chi connectivity index (χ0) is 26.3. The highest BCUT2D eigenvalue weighted by Gasteiger charge is 2.33. The fraction of sp³-hybridized carbons (Fsp3) is 0.552. The van der Waals surface area contributed by atoms with Gasteiger partial charge in [0.25, 0.3) is 5.69 Å². The summed E-state index contributed by atoms with van der Waals surface area (Å²) in [5.41, 5.74) is 6.47. The zero-order valence-electron chi connectivity index (χ0n) is 22.6. The highest BCUT2D eigenvalue weighted by atomic mass is 16.6. The van der Waals surface area contributed by atoms with Gasteiger partial charge in [-0.1, -0.05) is 39.2 Å². The average molecular weight is 504 g/mol. The van der Waals surface area contributed by atoms with Crippen LogP contribution in [0.5, 0.6) is 5.88 Å². The van der Waals surface area contributed by atoms with Crippen LogP contribution in [0.2, 0.25) is 0 Å². The second-order valence-electron chi connectivity index (χ2n) is 10.9. The number of hydrogen-bond acceptors (Lipinski definition) is 4. The molecule has 2 aromatic heterocycles. The minimum absolute atomic E-state index is 0.229. The predicted octanol–water partition coefficient (Wildman–Crippen LogP) is 6.25. The number of benzene rings is 1. The lowest BCUT2D eigenvalue weighted by Crippen LogP contribution is -2.42. The van der Waals surface area contributed by atoms with E-state index in [9.17, 15) is 4.79 Å². The summed E-state index contributed by atoms with van der Waals surface area (Å²) in [6, 6.07) is 4.31. The third-order valence-corrected chi connectivity index (χ3v) is 8.49. The van der Waals surface area contributed by atoms with Crippen molar-refractivity contribution in [1.82, 2.24) is 19.5 Å². The number of aromatic nitrogens is 3. The number of rotatable bonds is 4. The molecule has 3 heterocycles. The molecule has 1 N–H and O–H groups in total. The monoisotopic (exact) mass is 503 g/mol. The van der Waals surface area contributed by atoms with Crippen molar-refractivity contribution in [3.63, 3.8) is 0 Å². The molecule has 1 amide bonds. The minimum atomic E-state index is -0.461. The molecular formula is C29H37N5O3. The SMILES string of the molecule is [C-]#[N+]c1c(CC2C(C)CCCC2C)c2nc(-c3cc(C)c(C)cc3C)[nH]n2c1OC(=O)N1CCOCC1. The lowest BCUT2D eigenvalue weighted by Gasteiger charge is -2.34. The fourth-order valence-electron chi connectivity index (χ4n) is 6.05. The number of fused-ring (bicyclic) bond motifs is 1. The molecule has 8 nitrogen and oxygen atoms in total. The molecule has 1 saturated carbocycles. The first-order valence-corrected chi connectivity index (χ1v) is 13.4. The minimum Gasteiger partial charge on any atom is -0.402 e. The van der Waals surface area contributed by atoms with Crippen molar-refractivity contribution in [2.75, 3.05) is 26.3 Å². The molecule has 2 atom stereocenters. The Balaban J connectivity index is 1.62. The summed E-state index contributed by atoms with van der Waals surface area (Å²) in [5, 5.41) is 3.37. The lowest BCUT2D eigenvalue weighted by atomic mass is 9.71. The van der Waals surface area contributed by atoms with Gasteiger partial charge in [-0.15, -0.1) is 0 Å². The van der Waals surface area contributed by atoms with Gasteiger partial charge < -0.3 is 14.4 Å². The van der Waals surface area contributed by atoms with E-state index in [1.807, 2.05) is 0 Å². The Kier molecular flexibility index (Phi) is 7.00. The van der Waals surface area contributed by atoms with E-state index in [0.717, 1.165) is 23.1 Å². The average Bonchev–Trinajstić information content (AvgIpc) is 3.42. The molecule has 2 aliphatic rings. The molecule has 0 radical (unpaired) electrons. The highest BCUT2D eigenvalue weighted by molar-refractivity contribution is 5.80. The molecule has 1 aliphatic heterocycles. The summed E-state index contributed by atoms with van der Waals surface area (Å²) < 4.78 is 13.0. The third-order valence-electron chi connectivity index (χ3n) is 8.49. The lowest BCUT2D eigenvalue weighted by molar-refractivity contribution is 0.0411. The van der Waals surface area contributed by atoms with E-state index >= 15 is 0 Å². The molecule has 1 aliphatic carbocycles. The number of H-pyrrole nitrogens is 1. The van der Waals surface area contributed by atoms with Crippen molar-refractivity contribution in [2.24, 2.45) is 17.8 Å². The van der Waals surface area contributed by atoms with E-state index in [0.29, 0.717) is 61.2 Å². The van der Waals surface area contributed by atoms with Gasteiger partial charge in [0.15, 0.2) is 5.82 Å². The van der Waals surface area contributed by atoms with Crippen molar-refractivity contribution in [3.8, 4) is 17.3 Å². The number of carbonyl (C=O) groups excluding carboxylic acids is 1. The van der Waals surface area contributed by atoms with Gasteiger partial charge in [-0.3, -0.25) is 5.10 Å². The number of hydrogen-bond donors (Lipinski definition) is 1. The molecule has 1 aromatic carbocycles. The van der Waals surface area contributed by atoms with Gasteiger partial charge in [0, 0.05) is 24.2 Å². The van der Waals surface area contributed by atoms with Gasteiger partial charge in [-0.25, -0.2) is 19.1 Å². The van der Waals surface area contributed by atoms with Crippen molar-refractivity contribution >= 4 is 17.4 Å². The van der Waals surface area contributed by atoms with Crippen LogP contribution >= 0.6 is 0 Å². The molecule has 2 unspecified atom stereocenters. The first-order valence-electron chi connectivity index (χ1n) is 13.4. The molecule has 1 saturated heterocycles. The van der Waals surface area contributed by atoms with Crippen LogP contribution in [0.3, 0.4) is 0 Å². The Hall–Kier alpha value is -3.31. The summed E-state index contributed by atoms with van der Waals surface area (Å²) in [7, 11) is 0. The Bertz CT molecular complexity index is 1350. The quantitative estimate of drug-likeness (QED) is 0.427. The number of nitrogens with zero attached hydrogens (tertiary/aromatic N) is 4. The van der Waals surface area contributed by atoms with Crippen LogP contribution in [-0.2, 0) is 11.2 Å². The van der Waals surface area contributed by atoms with E-state index in [2.05, 4.69) is 56.7 Å². The summed E-state index contributed by atoms with van der Waals surface area (Å²) >= 11 is 0. The van der Waals surface area contributed by atoms with Crippen molar-refractivity contribution in [2.45, 2.75) is 60.3 Å². The Morgan fingerprint density at radius 2 is 1.81 bits per heavy atom. The van der Waals surface area contributed by atoms with Crippen LogP contribution in [0.25, 0.3) is 21.9 Å². The van der Waals surface area contributed by atoms with E-state index in [1.165, 1.54) is 30.4 Å². The van der Waals surface area contributed by atoms with E-state index in [1.54, 1.807) is 9.42 Å². The van der Waals surface area contributed by atoms with Crippen LogP contribution in [0, 0.1) is 45.1 Å². The molecule has 3 aromatic rings. The first-order chi connectivity index (χ1) is 17.8. The standard InChI is InChI=1S/C29H37N5O3/c1-17-8-7-9-18(2)22(17)16-24-25(30-6)28(37-29(35)33-10-12-36-13-11-33)34-27(24)31-26(32-34)23-15-20(4)19(3)14-21(23)5/h14-15,17-18,22H,7-13,16H2,1-5H3,(H,31,32). The molecular weight excluding hydrogens is 466 g/mol. The normalized spacial score (nSPS) is 22.3. The highest BCUT2D eigenvalue weighted by Crippen LogP contribution is 2.44. The van der Waals surface area contributed by atoms with Crippen LogP contribution in [0.1, 0.15) is 55.4 Å². The topological polar surface area (TPSA) is 76.2 Å². The van der Waals surface area contributed by atoms with Crippen LogP contribution < -0.4 is 4.74 Å². The number of aryl methyl sites for hydroxylation is 3. The smallest absolute Gasteiger partial charge is 0.402 e. The Labute approximate surface area is 218 Å². The molecule has 0 spiro atoms. The first kappa shape index (κ1) is 25.3. The van der Waals surface area contributed by atoms with Crippen LogP contribution in [-0.4, -0.2) is 51.9 Å². The third kappa shape index (κ3) is 4.73. The number of aromatic amines is 1. The van der Waals surface area contributed by atoms with Crippen molar-refractivity contribution in [3.05, 3.63) is 45.8 Å². The predicted molar refractivity (Wildman–Crippen MR) is 143 cm³/mol. The van der Waals surface area contributed by atoms with E-state index in [4.69, 9.17) is 21.0 Å². The van der Waals surface area contributed by atoms with Crippen molar-refractivity contribution in [1.29, 1.82) is 0 Å². The van der Waals surface area contributed by atoms with Crippen molar-refractivity contribution < 1.29 is 14.3 Å². The second kappa shape index (κ2) is 10.2.